The third-order valence-electron chi connectivity index (χ3n) is 2.49. The van der Waals surface area contributed by atoms with Gasteiger partial charge in [0.05, 0.1) is 6.26 Å². The molecule has 0 aromatic heterocycles. The van der Waals surface area contributed by atoms with Crippen LogP contribution in [0, 0.1) is 11.3 Å². The van der Waals surface area contributed by atoms with Crippen LogP contribution in [0.5, 0.6) is 0 Å². The first-order chi connectivity index (χ1) is 5.46. The van der Waals surface area contributed by atoms with Crippen molar-refractivity contribution in [1.82, 2.24) is 0 Å². The zero-order valence-corrected chi connectivity index (χ0v) is 7.92. The minimum absolute atomic E-state index is 0.0984. The highest BCUT2D eigenvalue weighted by molar-refractivity contribution is 5.96. The molecule has 0 bridgehead atoms. The van der Waals surface area contributed by atoms with Crippen LogP contribution in [0.4, 0.5) is 0 Å². The smallest absolute Gasteiger partial charge is 0.162 e. The molecule has 1 saturated carbocycles. The maximum atomic E-state index is 11.4. The van der Waals surface area contributed by atoms with Crippen molar-refractivity contribution in [3.8, 4) is 0 Å². The lowest BCUT2D eigenvalue weighted by Gasteiger charge is -2.33. The van der Waals surface area contributed by atoms with Gasteiger partial charge < -0.3 is 5.11 Å². The molecule has 68 valence electrons. The van der Waals surface area contributed by atoms with Crippen LogP contribution in [-0.2, 0) is 4.79 Å². The lowest BCUT2D eigenvalue weighted by atomic mass is 9.70. The van der Waals surface area contributed by atoms with E-state index in [4.69, 9.17) is 5.11 Å². The van der Waals surface area contributed by atoms with Gasteiger partial charge in [0.1, 0.15) is 0 Å². The van der Waals surface area contributed by atoms with Gasteiger partial charge >= 0.3 is 0 Å². The third kappa shape index (κ3) is 1.68. The fourth-order valence-electron chi connectivity index (χ4n) is 2.02. The van der Waals surface area contributed by atoms with Crippen LogP contribution >= 0.6 is 0 Å². The molecule has 2 heteroatoms. The van der Waals surface area contributed by atoms with Crippen LogP contribution < -0.4 is 0 Å². The minimum atomic E-state index is 0.0984. The molecule has 1 unspecified atom stereocenters. The summed E-state index contributed by atoms with van der Waals surface area (Å²) in [5.74, 6) is 0.299. The van der Waals surface area contributed by atoms with E-state index in [2.05, 4.69) is 13.8 Å². The van der Waals surface area contributed by atoms with Crippen molar-refractivity contribution in [1.29, 1.82) is 0 Å². The Morgan fingerprint density at radius 1 is 1.58 bits per heavy atom. The minimum Gasteiger partial charge on any atom is -0.515 e. The number of hydrogen-bond acceptors (Lipinski definition) is 2. The van der Waals surface area contributed by atoms with Crippen molar-refractivity contribution in [3.05, 3.63) is 11.8 Å². The van der Waals surface area contributed by atoms with E-state index in [1.807, 2.05) is 6.92 Å². The standard InChI is InChI=1S/C10H16O2/c1-7-4-10(2,3)5-9(12)8(7)6-11/h6-7,11H,4-5H2,1-3H3/b8-6-. The molecule has 1 fully saturated rings. The number of carbonyl (C=O) groups is 1. The summed E-state index contributed by atoms with van der Waals surface area (Å²) in [5, 5.41) is 8.82. The maximum absolute atomic E-state index is 11.4. The van der Waals surface area contributed by atoms with Gasteiger partial charge in [0, 0.05) is 12.0 Å². The van der Waals surface area contributed by atoms with Gasteiger partial charge in [-0.2, -0.15) is 0 Å². The molecule has 0 aromatic rings. The summed E-state index contributed by atoms with van der Waals surface area (Å²) in [7, 11) is 0. The van der Waals surface area contributed by atoms with Crippen molar-refractivity contribution in [2.45, 2.75) is 33.6 Å². The number of aliphatic hydroxyl groups is 1. The van der Waals surface area contributed by atoms with Gasteiger partial charge in [-0.3, -0.25) is 4.79 Å². The Kier molecular flexibility index (Phi) is 2.27. The summed E-state index contributed by atoms with van der Waals surface area (Å²) in [6.45, 7) is 6.17. The van der Waals surface area contributed by atoms with Crippen molar-refractivity contribution in [2.24, 2.45) is 11.3 Å². The second kappa shape index (κ2) is 2.92. The molecule has 12 heavy (non-hydrogen) atoms. The van der Waals surface area contributed by atoms with E-state index < -0.39 is 0 Å². The number of aliphatic hydroxyl groups excluding tert-OH is 1. The van der Waals surface area contributed by atoms with E-state index in [0.717, 1.165) is 12.7 Å². The second-order valence-corrected chi connectivity index (χ2v) is 4.45. The van der Waals surface area contributed by atoms with Crippen LogP contribution in [0.2, 0.25) is 0 Å². The summed E-state index contributed by atoms with van der Waals surface area (Å²) in [4.78, 5) is 11.4. The van der Waals surface area contributed by atoms with E-state index in [0.29, 0.717) is 12.0 Å². The average Bonchev–Trinajstić information content (AvgIpc) is 1.82. The van der Waals surface area contributed by atoms with Crippen LogP contribution in [0.25, 0.3) is 0 Å². The molecule has 1 aliphatic rings. The molecule has 1 aliphatic carbocycles. The Labute approximate surface area is 73.3 Å². The molecular weight excluding hydrogens is 152 g/mol. The molecule has 0 aliphatic heterocycles. The number of hydrogen-bond donors (Lipinski definition) is 1. The van der Waals surface area contributed by atoms with Gasteiger partial charge in [-0.15, -0.1) is 0 Å². The highest BCUT2D eigenvalue weighted by atomic mass is 16.2. The molecule has 2 nitrogen and oxygen atoms in total. The Balaban J connectivity index is 2.85. The monoisotopic (exact) mass is 168 g/mol. The molecule has 0 saturated heterocycles. The lowest BCUT2D eigenvalue weighted by molar-refractivity contribution is -0.119. The first-order valence-corrected chi connectivity index (χ1v) is 4.34. The predicted molar refractivity (Wildman–Crippen MR) is 47.9 cm³/mol. The number of rotatable bonds is 0. The summed E-state index contributed by atoms with van der Waals surface area (Å²) >= 11 is 0. The largest absolute Gasteiger partial charge is 0.515 e. The molecule has 1 rings (SSSR count). The van der Waals surface area contributed by atoms with Crippen LogP contribution in [-0.4, -0.2) is 10.9 Å². The zero-order valence-electron chi connectivity index (χ0n) is 7.92. The van der Waals surface area contributed by atoms with Crippen LogP contribution in [0.1, 0.15) is 33.6 Å². The summed E-state index contributed by atoms with van der Waals surface area (Å²) < 4.78 is 0. The maximum Gasteiger partial charge on any atom is 0.162 e. The Morgan fingerprint density at radius 2 is 2.17 bits per heavy atom. The van der Waals surface area contributed by atoms with Gasteiger partial charge in [0.25, 0.3) is 0 Å². The van der Waals surface area contributed by atoms with Crippen molar-refractivity contribution in [3.63, 3.8) is 0 Å². The van der Waals surface area contributed by atoms with E-state index in [1.54, 1.807) is 0 Å². The fourth-order valence-corrected chi connectivity index (χ4v) is 2.02. The lowest BCUT2D eigenvalue weighted by Crippen LogP contribution is -2.29. The third-order valence-corrected chi connectivity index (χ3v) is 2.49. The Morgan fingerprint density at radius 3 is 2.58 bits per heavy atom. The van der Waals surface area contributed by atoms with E-state index in [1.165, 1.54) is 0 Å². The molecule has 1 N–H and O–H groups in total. The number of Topliss-reactive ketones (excluding diaryl/α,β-unsaturated/α-hetero) is 1. The zero-order chi connectivity index (χ0) is 9.35. The SMILES string of the molecule is CC1CC(C)(C)CC(=O)/C1=C\O. The first kappa shape index (κ1) is 9.30. The molecule has 0 spiro atoms. The van der Waals surface area contributed by atoms with Gasteiger partial charge in [0.2, 0.25) is 0 Å². The van der Waals surface area contributed by atoms with E-state index >= 15 is 0 Å². The molecule has 1 atom stereocenters. The average molecular weight is 168 g/mol. The van der Waals surface area contributed by atoms with Crippen molar-refractivity contribution in [2.75, 3.05) is 0 Å². The van der Waals surface area contributed by atoms with Gasteiger partial charge in [-0.1, -0.05) is 20.8 Å². The topological polar surface area (TPSA) is 37.3 Å². The summed E-state index contributed by atoms with van der Waals surface area (Å²) in [6, 6.07) is 0. The number of allylic oxidation sites excluding steroid dienone is 1. The number of ketones is 1. The molecule has 0 radical (unpaired) electrons. The highest BCUT2D eigenvalue weighted by Crippen LogP contribution is 2.38. The summed E-state index contributed by atoms with van der Waals surface area (Å²) in [5.41, 5.74) is 0.692. The Hall–Kier alpha value is -0.790. The normalized spacial score (nSPS) is 32.4. The van der Waals surface area contributed by atoms with E-state index in [9.17, 15) is 4.79 Å². The molecule has 0 amide bonds. The predicted octanol–water partition coefficient (Wildman–Crippen LogP) is 2.45. The molecule has 0 heterocycles. The van der Waals surface area contributed by atoms with Crippen molar-refractivity contribution < 1.29 is 9.90 Å². The van der Waals surface area contributed by atoms with Crippen molar-refractivity contribution >= 4 is 5.78 Å². The van der Waals surface area contributed by atoms with Gasteiger partial charge in [0.15, 0.2) is 5.78 Å². The van der Waals surface area contributed by atoms with E-state index in [-0.39, 0.29) is 17.1 Å². The van der Waals surface area contributed by atoms with Gasteiger partial charge in [-0.25, -0.2) is 0 Å². The fraction of sp³-hybridized carbons (Fsp3) is 0.700. The van der Waals surface area contributed by atoms with Crippen LogP contribution in [0.3, 0.4) is 0 Å². The highest BCUT2D eigenvalue weighted by Gasteiger charge is 2.34. The first-order valence-electron chi connectivity index (χ1n) is 4.34. The second-order valence-electron chi connectivity index (χ2n) is 4.45. The molecule has 0 aromatic carbocycles. The summed E-state index contributed by atoms with van der Waals surface area (Å²) in [6.07, 6.45) is 2.51. The number of carbonyl (C=O) groups excluding carboxylic acids is 1. The Bertz CT molecular complexity index is 226. The van der Waals surface area contributed by atoms with Crippen LogP contribution in [0.15, 0.2) is 11.8 Å². The quantitative estimate of drug-likeness (QED) is 0.445. The van der Waals surface area contributed by atoms with Gasteiger partial charge in [-0.05, 0) is 17.8 Å². The molecular formula is C10H16O2.